The molecule has 1 saturated carbocycles. The van der Waals surface area contributed by atoms with Crippen LogP contribution in [0.15, 0.2) is 0 Å². The summed E-state index contributed by atoms with van der Waals surface area (Å²) in [7, 11) is 4.39. The van der Waals surface area contributed by atoms with Crippen molar-refractivity contribution in [2.24, 2.45) is 0 Å². The fraction of sp³-hybridized carbons (Fsp3) is 1.00. The van der Waals surface area contributed by atoms with Gasteiger partial charge in [0.1, 0.15) is 0 Å². The molecule has 0 radical (unpaired) electrons. The van der Waals surface area contributed by atoms with Crippen molar-refractivity contribution in [2.75, 3.05) is 33.8 Å². The molecule has 3 nitrogen and oxygen atoms in total. The maximum absolute atomic E-state index is 6.01. The van der Waals surface area contributed by atoms with Crippen molar-refractivity contribution in [1.82, 2.24) is 9.80 Å². The molecule has 0 N–H and O–H groups in total. The van der Waals surface area contributed by atoms with Crippen LogP contribution in [-0.2, 0) is 4.74 Å². The van der Waals surface area contributed by atoms with Crippen molar-refractivity contribution in [2.45, 2.75) is 50.8 Å². The van der Waals surface area contributed by atoms with Gasteiger partial charge in [-0.15, -0.1) is 0 Å². The first-order chi connectivity index (χ1) is 7.60. The molecule has 94 valence electrons. The fourth-order valence-corrected chi connectivity index (χ4v) is 2.84. The van der Waals surface area contributed by atoms with E-state index >= 15 is 0 Å². The van der Waals surface area contributed by atoms with Gasteiger partial charge in [-0.1, -0.05) is 6.92 Å². The van der Waals surface area contributed by atoms with E-state index in [1.165, 1.54) is 19.3 Å². The van der Waals surface area contributed by atoms with Gasteiger partial charge in [0.05, 0.1) is 12.7 Å². The van der Waals surface area contributed by atoms with Crippen molar-refractivity contribution in [3.8, 4) is 0 Å². The normalized spacial score (nSPS) is 31.7. The quantitative estimate of drug-likeness (QED) is 0.724. The molecule has 0 amide bonds. The summed E-state index contributed by atoms with van der Waals surface area (Å²) in [4.78, 5) is 4.97. The van der Waals surface area contributed by atoms with Gasteiger partial charge in [0.2, 0.25) is 0 Å². The topological polar surface area (TPSA) is 15.7 Å². The van der Waals surface area contributed by atoms with Crippen LogP contribution >= 0.6 is 0 Å². The lowest BCUT2D eigenvalue weighted by Crippen LogP contribution is -2.55. The van der Waals surface area contributed by atoms with Gasteiger partial charge in [-0.25, -0.2) is 0 Å². The zero-order valence-corrected chi connectivity index (χ0v) is 11.2. The summed E-state index contributed by atoms with van der Waals surface area (Å²) in [5.41, 5.74) is 0.353. The number of likely N-dealkylation sites (N-methyl/N-ethyl adjacent to an activating group) is 1. The standard InChI is InChI=1S/C13H26N2O/c1-5-11(2)15-8-9-16-12(10-15)13(6-7-13)14(3)4/h11-12H,5-10H2,1-4H3/t11?,12-/m0/s1. The Morgan fingerprint density at radius 2 is 2.12 bits per heavy atom. The second-order valence-electron chi connectivity index (χ2n) is 5.61. The average Bonchev–Trinajstić information content (AvgIpc) is 3.09. The highest BCUT2D eigenvalue weighted by molar-refractivity contribution is 5.09. The first-order valence-electron chi connectivity index (χ1n) is 6.63. The smallest absolute Gasteiger partial charge is 0.0885 e. The second-order valence-corrected chi connectivity index (χ2v) is 5.61. The molecule has 2 aliphatic rings. The van der Waals surface area contributed by atoms with Crippen LogP contribution < -0.4 is 0 Å². The van der Waals surface area contributed by atoms with E-state index in [2.05, 4.69) is 37.7 Å². The summed E-state index contributed by atoms with van der Waals surface area (Å²) in [6.45, 7) is 7.73. The van der Waals surface area contributed by atoms with Crippen molar-refractivity contribution < 1.29 is 4.74 Å². The molecule has 2 fully saturated rings. The van der Waals surface area contributed by atoms with Crippen LogP contribution in [0.1, 0.15) is 33.1 Å². The van der Waals surface area contributed by atoms with Gasteiger partial charge in [-0.3, -0.25) is 4.90 Å². The Kier molecular flexibility index (Phi) is 3.57. The van der Waals surface area contributed by atoms with E-state index in [9.17, 15) is 0 Å². The lowest BCUT2D eigenvalue weighted by molar-refractivity contribution is -0.0818. The van der Waals surface area contributed by atoms with Gasteiger partial charge in [0.15, 0.2) is 0 Å². The third-order valence-corrected chi connectivity index (χ3v) is 4.56. The minimum Gasteiger partial charge on any atom is -0.374 e. The van der Waals surface area contributed by atoms with E-state index in [1.807, 2.05) is 0 Å². The minimum absolute atomic E-state index is 0.353. The summed E-state index contributed by atoms with van der Waals surface area (Å²) in [6, 6.07) is 0.698. The molecule has 2 atom stereocenters. The number of morpholine rings is 1. The molecule has 0 bridgehead atoms. The Bertz CT molecular complexity index is 238. The lowest BCUT2D eigenvalue weighted by atomic mass is 10.0. The first kappa shape index (κ1) is 12.3. The summed E-state index contributed by atoms with van der Waals surface area (Å²) in [5.74, 6) is 0. The van der Waals surface area contributed by atoms with Gasteiger partial charge in [0, 0.05) is 24.7 Å². The SMILES string of the molecule is CCC(C)N1CCO[C@H](C2(N(C)C)CC2)C1. The molecule has 0 aromatic rings. The number of rotatable bonds is 4. The minimum atomic E-state index is 0.353. The molecule has 3 heteroatoms. The summed E-state index contributed by atoms with van der Waals surface area (Å²) >= 11 is 0. The van der Waals surface area contributed by atoms with Gasteiger partial charge in [0.25, 0.3) is 0 Å². The molecule has 2 rings (SSSR count). The molecule has 0 aromatic carbocycles. The zero-order chi connectivity index (χ0) is 11.8. The Morgan fingerprint density at radius 3 is 2.62 bits per heavy atom. The largest absolute Gasteiger partial charge is 0.374 e. The lowest BCUT2D eigenvalue weighted by Gasteiger charge is -2.42. The predicted molar refractivity (Wildman–Crippen MR) is 66.7 cm³/mol. The van der Waals surface area contributed by atoms with Gasteiger partial charge in [-0.2, -0.15) is 0 Å². The third kappa shape index (κ3) is 2.13. The van der Waals surface area contributed by atoms with Crippen LogP contribution in [0.25, 0.3) is 0 Å². The van der Waals surface area contributed by atoms with Crippen molar-refractivity contribution in [1.29, 1.82) is 0 Å². The van der Waals surface area contributed by atoms with Crippen LogP contribution in [0.4, 0.5) is 0 Å². The van der Waals surface area contributed by atoms with E-state index in [1.54, 1.807) is 0 Å². The molecule has 1 aliphatic carbocycles. The van der Waals surface area contributed by atoms with Crippen LogP contribution in [0.5, 0.6) is 0 Å². The highest BCUT2D eigenvalue weighted by Gasteiger charge is 2.53. The number of hydrogen-bond donors (Lipinski definition) is 0. The van der Waals surface area contributed by atoms with Crippen LogP contribution in [0, 0.1) is 0 Å². The molecule has 16 heavy (non-hydrogen) atoms. The van der Waals surface area contributed by atoms with E-state index < -0.39 is 0 Å². The number of hydrogen-bond acceptors (Lipinski definition) is 3. The van der Waals surface area contributed by atoms with Crippen LogP contribution in [-0.4, -0.2) is 61.3 Å². The molecule has 0 spiro atoms. The second kappa shape index (κ2) is 4.63. The van der Waals surface area contributed by atoms with E-state index in [0.717, 1.165) is 19.7 Å². The maximum atomic E-state index is 6.01. The Balaban J connectivity index is 1.97. The first-order valence-corrected chi connectivity index (χ1v) is 6.63. The van der Waals surface area contributed by atoms with Crippen molar-refractivity contribution >= 4 is 0 Å². The molecule has 1 heterocycles. The fourth-order valence-electron chi connectivity index (χ4n) is 2.84. The van der Waals surface area contributed by atoms with Gasteiger partial charge >= 0.3 is 0 Å². The van der Waals surface area contributed by atoms with Gasteiger partial charge in [-0.05, 0) is 40.3 Å². The van der Waals surface area contributed by atoms with Crippen LogP contribution in [0.2, 0.25) is 0 Å². The molecule has 0 aromatic heterocycles. The number of ether oxygens (including phenoxy) is 1. The van der Waals surface area contributed by atoms with Crippen molar-refractivity contribution in [3.63, 3.8) is 0 Å². The summed E-state index contributed by atoms with van der Waals surface area (Å²) in [6.07, 6.45) is 4.27. The van der Waals surface area contributed by atoms with Crippen LogP contribution in [0.3, 0.4) is 0 Å². The van der Waals surface area contributed by atoms with Crippen molar-refractivity contribution in [3.05, 3.63) is 0 Å². The van der Waals surface area contributed by atoms with E-state index in [-0.39, 0.29) is 0 Å². The molecular formula is C13H26N2O. The van der Waals surface area contributed by atoms with E-state index in [4.69, 9.17) is 4.74 Å². The zero-order valence-electron chi connectivity index (χ0n) is 11.2. The van der Waals surface area contributed by atoms with E-state index in [0.29, 0.717) is 17.7 Å². The Hall–Kier alpha value is -0.120. The average molecular weight is 226 g/mol. The van der Waals surface area contributed by atoms with Gasteiger partial charge < -0.3 is 9.64 Å². The maximum Gasteiger partial charge on any atom is 0.0885 e. The monoisotopic (exact) mass is 226 g/mol. The molecule has 1 saturated heterocycles. The summed E-state index contributed by atoms with van der Waals surface area (Å²) < 4.78 is 6.01. The summed E-state index contributed by atoms with van der Waals surface area (Å²) in [5, 5.41) is 0. The third-order valence-electron chi connectivity index (χ3n) is 4.56. The molecular weight excluding hydrogens is 200 g/mol. The Labute approximate surface area is 99.7 Å². The predicted octanol–water partition coefficient (Wildman–Crippen LogP) is 1.58. The highest BCUT2D eigenvalue weighted by Crippen LogP contribution is 2.45. The molecule has 1 unspecified atom stereocenters. The highest BCUT2D eigenvalue weighted by atomic mass is 16.5. The number of nitrogens with zero attached hydrogens (tertiary/aromatic N) is 2. The molecule has 1 aliphatic heterocycles. The Morgan fingerprint density at radius 1 is 1.44 bits per heavy atom.